The maximum atomic E-state index is 12.5. The van der Waals surface area contributed by atoms with E-state index < -0.39 is 0 Å². The number of piperidine rings is 1. The van der Waals surface area contributed by atoms with Gasteiger partial charge in [-0.15, -0.1) is 0 Å². The Balaban J connectivity index is 1.85. The van der Waals surface area contributed by atoms with E-state index in [-0.39, 0.29) is 23.3 Å². The first kappa shape index (κ1) is 14.8. The van der Waals surface area contributed by atoms with Crippen LogP contribution in [0.4, 0.5) is 0 Å². The maximum Gasteiger partial charge on any atom is 0.226 e. The number of nitrogens with one attached hydrogen (secondary N) is 2. The monoisotopic (exact) mass is 268 g/mol. The Labute approximate surface area is 116 Å². The van der Waals surface area contributed by atoms with Crippen molar-refractivity contribution < 1.29 is 9.90 Å². The Morgan fingerprint density at radius 1 is 1.32 bits per heavy atom. The fourth-order valence-electron chi connectivity index (χ4n) is 3.48. The molecule has 0 bridgehead atoms. The second-order valence-corrected chi connectivity index (χ2v) is 6.21. The average molecular weight is 268 g/mol. The van der Waals surface area contributed by atoms with Gasteiger partial charge in [0, 0.05) is 12.5 Å². The van der Waals surface area contributed by atoms with Crippen LogP contribution < -0.4 is 10.6 Å². The minimum absolute atomic E-state index is 0.176. The number of rotatable bonds is 4. The molecule has 2 unspecified atom stereocenters. The van der Waals surface area contributed by atoms with Gasteiger partial charge in [0.2, 0.25) is 5.91 Å². The number of hydrogen-bond donors (Lipinski definition) is 3. The van der Waals surface area contributed by atoms with Crippen LogP contribution in [-0.2, 0) is 4.79 Å². The van der Waals surface area contributed by atoms with Crippen molar-refractivity contribution in [3.8, 4) is 0 Å². The molecule has 1 aliphatic carbocycles. The third-order valence-corrected chi connectivity index (χ3v) is 5.11. The molecule has 1 saturated carbocycles. The van der Waals surface area contributed by atoms with Gasteiger partial charge in [0.05, 0.1) is 11.5 Å². The third-order valence-electron chi connectivity index (χ3n) is 5.11. The van der Waals surface area contributed by atoms with Gasteiger partial charge in [0.25, 0.3) is 0 Å². The smallest absolute Gasteiger partial charge is 0.226 e. The Morgan fingerprint density at radius 3 is 2.63 bits per heavy atom. The van der Waals surface area contributed by atoms with Crippen molar-refractivity contribution in [2.45, 2.75) is 58.0 Å². The predicted molar refractivity (Wildman–Crippen MR) is 75.8 cm³/mol. The van der Waals surface area contributed by atoms with E-state index >= 15 is 0 Å². The zero-order valence-corrected chi connectivity index (χ0v) is 12.1. The minimum Gasteiger partial charge on any atom is -0.393 e. The number of aliphatic hydroxyl groups is 1. The fraction of sp³-hybridized carbons (Fsp3) is 0.933. The van der Waals surface area contributed by atoms with E-state index in [0.29, 0.717) is 6.54 Å². The van der Waals surface area contributed by atoms with Gasteiger partial charge in [-0.25, -0.2) is 0 Å². The second-order valence-electron chi connectivity index (χ2n) is 6.21. The lowest BCUT2D eigenvalue weighted by atomic mass is 9.75. The molecule has 1 saturated heterocycles. The summed E-state index contributed by atoms with van der Waals surface area (Å²) in [4.78, 5) is 12.5. The Hall–Kier alpha value is -0.610. The van der Waals surface area contributed by atoms with Crippen LogP contribution >= 0.6 is 0 Å². The van der Waals surface area contributed by atoms with Crippen molar-refractivity contribution in [2.24, 2.45) is 11.3 Å². The molecular formula is C15H28N2O2. The molecule has 110 valence electrons. The van der Waals surface area contributed by atoms with E-state index in [0.717, 1.165) is 51.6 Å². The number of amides is 1. The molecule has 0 aromatic carbocycles. The summed E-state index contributed by atoms with van der Waals surface area (Å²) in [5.41, 5.74) is -0.176. The van der Waals surface area contributed by atoms with E-state index in [1.165, 1.54) is 6.42 Å². The number of hydrogen-bond acceptors (Lipinski definition) is 3. The Kier molecular flexibility index (Phi) is 5.22. The summed E-state index contributed by atoms with van der Waals surface area (Å²) in [5, 5.41) is 16.4. The highest BCUT2D eigenvalue weighted by atomic mass is 16.3. The van der Waals surface area contributed by atoms with Crippen LogP contribution in [0.5, 0.6) is 0 Å². The van der Waals surface area contributed by atoms with Crippen molar-refractivity contribution >= 4 is 5.91 Å². The zero-order chi connectivity index (χ0) is 13.7. The van der Waals surface area contributed by atoms with Crippen LogP contribution in [-0.4, -0.2) is 36.8 Å². The highest BCUT2D eigenvalue weighted by Crippen LogP contribution is 2.33. The molecule has 4 heteroatoms. The molecule has 3 N–H and O–H groups in total. The van der Waals surface area contributed by atoms with Gasteiger partial charge in [-0.2, -0.15) is 0 Å². The van der Waals surface area contributed by atoms with Crippen molar-refractivity contribution in [1.82, 2.24) is 10.6 Å². The predicted octanol–water partition coefficient (Wildman–Crippen LogP) is 1.43. The van der Waals surface area contributed by atoms with Crippen LogP contribution in [0.1, 0.15) is 51.9 Å². The van der Waals surface area contributed by atoms with Gasteiger partial charge in [0.15, 0.2) is 0 Å². The largest absolute Gasteiger partial charge is 0.393 e. The van der Waals surface area contributed by atoms with Gasteiger partial charge >= 0.3 is 0 Å². The van der Waals surface area contributed by atoms with Crippen LogP contribution in [0.15, 0.2) is 0 Å². The van der Waals surface area contributed by atoms with Gasteiger partial charge in [-0.3, -0.25) is 4.79 Å². The first-order valence-corrected chi connectivity index (χ1v) is 7.85. The summed E-state index contributed by atoms with van der Waals surface area (Å²) >= 11 is 0. The van der Waals surface area contributed by atoms with E-state index in [9.17, 15) is 9.90 Å². The van der Waals surface area contributed by atoms with Gasteiger partial charge in [-0.05, 0) is 45.2 Å². The van der Waals surface area contributed by atoms with Crippen molar-refractivity contribution in [3.05, 3.63) is 0 Å². The SMILES string of the molecule is CCC1(C(=O)NCC2CCCCC2O)CCNCC1. The highest BCUT2D eigenvalue weighted by molar-refractivity contribution is 5.82. The minimum atomic E-state index is -0.223. The molecule has 2 aliphatic rings. The lowest BCUT2D eigenvalue weighted by Crippen LogP contribution is -2.49. The molecule has 0 aromatic rings. The zero-order valence-electron chi connectivity index (χ0n) is 12.1. The number of carbonyl (C=O) groups excluding carboxylic acids is 1. The molecule has 2 fully saturated rings. The van der Waals surface area contributed by atoms with Gasteiger partial charge < -0.3 is 15.7 Å². The summed E-state index contributed by atoms with van der Waals surface area (Å²) in [6.07, 6.45) is 6.79. The first-order chi connectivity index (χ1) is 9.18. The molecule has 1 heterocycles. The normalized spacial score (nSPS) is 30.8. The van der Waals surface area contributed by atoms with Crippen LogP contribution in [0, 0.1) is 11.3 Å². The number of aliphatic hydroxyl groups excluding tert-OH is 1. The molecule has 4 nitrogen and oxygen atoms in total. The highest BCUT2D eigenvalue weighted by Gasteiger charge is 2.38. The van der Waals surface area contributed by atoms with Crippen LogP contribution in [0.2, 0.25) is 0 Å². The van der Waals surface area contributed by atoms with E-state index in [1.807, 2.05) is 0 Å². The maximum absolute atomic E-state index is 12.5. The Bertz CT molecular complexity index is 301. The molecule has 0 spiro atoms. The van der Waals surface area contributed by atoms with Crippen molar-refractivity contribution in [3.63, 3.8) is 0 Å². The molecule has 2 rings (SSSR count). The fourth-order valence-corrected chi connectivity index (χ4v) is 3.48. The molecule has 0 aromatic heterocycles. The molecule has 1 amide bonds. The quantitative estimate of drug-likeness (QED) is 0.723. The molecule has 1 aliphatic heterocycles. The van der Waals surface area contributed by atoms with Crippen LogP contribution in [0.3, 0.4) is 0 Å². The summed E-state index contributed by atoms with van der Waals surface area (Å²) in [7, 11) is 0. The topological polar surface area (TPSA) is 61.4 Å². The Morgan fingerprint density at radius 2 is 2.00 bits per heavy atom. The third kappa shape index (κ3) is 3.48. The van der Waals surface area contributed by atoms with Gasteiger partial charge in [0.1, 0.15) is 0 Å². The molecular weight excluding hydrogens is 240 g/mol. The van der Waals surface area contributed by atoms with Crippen LogP contribution in [0.25, 0.3) is 0 Å². The van der Waals surface area contributed by atoms with Crippen molar-refractivity contribution in [1.29, 1.82) is 0 Å². The second kappa shape index (κ2) is 6.71. The molecule has 0 radical (unpaired) electrons. The van der Waals surface area contributed by atoms with E-state index in [1.54, 1.807) is 0 Å². The summed E-state index contributed by atoms with van der Waals surface area (Å²) in [6, 6.07) is 0. The molecule has 2 atom stereocenters. The standard InChI is InChI=1S/C15H28N2O2/c1-2-15(7-9-16-10-8-15)14(19)17-11-12-5-3-4-6-13(12)18/h12-13,16,18H,2-11H2,1H3,(H,17,19). The first-order valence-electron chi connectivity index (χ1n) is 7.85. The average Bonchev–Trinajstić information content (AvgIpc) is 2.46. The van der Waals surface area contributed by atoms with Gasteiger partial charge in [-0.1, -0.05) is 19.8 Å². The summed E-state index contributed by atoms with van der Waals surface area (Å²) in [5.74, 6) is 0.461. The van der Waals surface area contributed by atoms with E-state index in [4.69, 9.17) is 0 Å². The molecule has 19 heavy (non-hydrogen) atoms. The lowest BCUT2D eigenvalue weighted by molar-refractivity contribution is -0.133. The summed E-state index contributed by atoms with van der Waals surface area (Å²) < 4.78 is 0. The van der Waals surface area contributed by atoms with E-state index in [2.05, 4.69) is 17.6 Å². The number of carbonyl (C=O) groups is 1. The van der Waals surface area contributed by atoms with Crippen molar-refractivity contribution in [2.75, 3.05) is 19.6 Å². The summed E-state index contributed by atoms with van der Waals surface area (Å²) in [6.45, 7) is 4.64. The lowest BCUT2D eigenvalue weighted by Gasteiger charge is -2.36.